The molecule has 0 aliphatic carbocycles. The van der Waals surface area contributed by atoms with E-state index in [9.17, 15) is 4.79 Å². The molecule has 1 aromatic heterocycles. The highest BCUT2D eigenvalue weighted by molar-refractivity contribution is 5.90. The number of urea groups is 1. The lowest BCUT2D eigenvalue weighted by molar-refractivity contribution is 0.255. The minimum Gasteiger partial charge on any atom is -0.381 e. The van der Waals surface area contributed by atoms with Crippen LogP contribution in [0.3, 0.4) is 0 Å². The van der Waals surface area contributed by atoms with Crippen LogP contribution < -0.4 is 16.0 Å². The number of carbonyl (C=O) groups is 1. The van der Waals surface area contributed by atoms with Crippen molar-refractivity contribution in [2.24, 2.45) is 5.73 Å². The Labute approximate surface area is 134 Å². The predicted octanol–water partition coefficient (Wildman–Crippen LogP) is 2.76. The molecular weight excluding hydrogens is 290 g/mol. The number of anilines is 2. The van der Waals surface area contributed by atoms with Crippen LogP contribution in [0.15, 0.2) is 54.9 Å². The Morgan fingerprint density at radius 1 is 1.13 bits per heavy atom. The van der Waals surface area contributed by atoms with Crippen LogP contribution in [-0.4, -0.2) is 23.0 Å². The molecular formula is C17H17N5O. The van der Waals surface area contributed by atoms with Crippen molar-refractivity contribution in [2.45, 2.75) is 6.54 Å². The normalized spacial score (nSPS) is 10.5. The summed E-state index contributed by atoms with van der Waals surface area (Å²) in [7, 11) is 1.64. The number of fused-ring (bicyclic) bond motifs is 1. The zero-order valence-electron chi connectivity index (χ0n) is 12.7. The first-order valence-corrected chi connectivity index (χ1v) is 7.20. The van der Waals surface area contributed by atoms with Gasteiger partial charge in [0.15, 0.2) is 0 Å². The first kappa shape index (κ1) is 14.8. The maximum atomic E-state index is 11.2. The van der Waals surface area contributed by atoms with Gasteiger partial charge in [0, 0.05) is 37.4 Å². The average molecular weight is 307 g/mol. The van der Waals surface area contributed by atoms with Gasteiger partial charge in [-0.3, -0.25) is 14.9 Å². The minimum atomic E-state index is -0.491. The van der Waals surface area contributed by atoms with E-state index >= 15 is 0 Å². The number of benzene rings is 2. The van der Waals surface area contributed by atoms with E-state index in [4.69, 9.17) is 5.73 Å². The highest BCUT2D eigenvalue weighted by Gasteiger charge is 2.06. The molecule has 0 saturated carbocycles. The van der Waals surface area contributed by atoms with E-state index in [2.05, 4.69) is 15.3 Å². The van der Waals surface area contributed by atoms with Crippen LogP contribution >= 0.6 is 0 Å². The number of amides is 2. The summed E-state index contributed by atoms with van der Waals surface area (Å²) in [6.45, 7) is 0.649. The van der Waals surface area contributed by atoms with Gasteiger partial charge < -0.3 is 11.1 Å². The molecule has 23 heavy (non-hydrogen) atoms. The summed E-state index contributed by atoms with van der Waals surface area (Å²) in [6.07, 6.45) is 3.36. The number of nitrogens with zero attached hydrogens (tertiary/aromatic N) is 3. The molecule has 3 rings (SSSR count). The number of hydrogen-bond donors (Lipinski definition) is 2. The predicted molar refractivity (Wildman–Crippen MR) is 91.3 cm³/mol. The Morgan fingerprint density at radius 2 is 1.91 bits per heavy atom. The van der Waals surface area contributed by atoms with Gasteiger partial charge in [0.2, 0.25) is 0 Å². The van der Waals surface area contributed by atoms with E-state index in [-0.39, 0.29) is 0 Å². The molecule has 3 N–H and O–H groups in total. The monoisotopic (exact) mass is 307 g/mol. The van der Waals surface area contributed by atoms with Gasteiger partial charge >= 0.3 is 6.03 Å². The van der Waals surface area contributed by atoms with Gasteiger partial charge in [-0.25, -0.2) is 4.79 Å². The molecule has 0 fully saturated rings. The van der Waals surface area contributed by atoms with E-state index in [1.807, 2.05) is 42.5 Å². The second kappa shape index (κ2) is 6.31. The lowest BCUT2D eigenvalue weighted by Crippen LogP contribution is -2.31. The number of nitrogens with two attached hydrogens (primary N) is 1. The maximum Gasteiger partial charge on any atom is 0.318 e. The van der Waals surface area contributed by atoms with Crippen molar-refractivity contribution in [3.8, 4) is 0 Å². The zero-order chi connectivity index (χ0) is 16.2. The lowest BCUT2D eigenvalue weighted by atomic mass is 10.2. The minimum absolute atomic E-state index is 0.491. The van der Waals surface area contributed by atoms with Crippen molar-refractivity contribution in [3.05, 3.63) is 60.4 Å². The summed E-state index contributed by atoms with van der Waals surface area (Å²) in [5.74, 6) is 0. The van der Waals surface area contributed by atoms with Gasteiger partial charge in [0.25, 0.3) is 0 Å². The molecule has 116 valence electrons. The maximum absolute atomic E-state index is 11.2. The van der Waals surface area contributed by atoms with Crippen molar-refractivity contribution in [1.29, 1.82) is 0 Å². The average Bonchev–Trinajstić information content (AvgIpc) is 2.59. The highest BCUT2D eigenvalue weighted by atomic mass is 16.2. The van der Waals surface area contributed by atoms with Crippen molar-refractivity contribution in [3.63, 3.8) is 0 Å². The van der Waals surface area contributed by atoms with Gasteiger partial charge in [-0.15, -0.1) is 0 Å². The molecule has 1 heterocycles. The molecule has 0 saturated heterocycles. The first-order valence-electron chi connectivity index (χ1n) is 7.20. The standard InChI is InChI=1S/C17H17N5O/c1-22(17(18)23)14-4-2-3-13(10-14)21-11-12-5-6-15-16(9-12)20-8-7-19-15/h2-10,21H,11H2,1H3,(H2,18,23). The summed E-state index contributed by atoms with van der Waals surface area (Å²) in [5, 5.41) is 3.33. The van der Waals surface area contributed by atoms with E-state index in [1.54, 1.807) is 19.4 Å². The summed E-state index contributed by atoms with van der Waals surface area (Å²) < 4.78 is 0. The fourth-order valence-electron chi connectivity index (χ4n) is 2.27. The Morgan fingerprint density at radius 3 is 2.70 bits per heavy atom. The Bertz CT molecular complexity index is 849. The molecule has 2 amide bonds. The number of aromatic nitrogens is 2. The largest absolute Gasteiger partial charge is 0.381 e. The van der Waals surface area contributed by atoms with Gasteiger partial charge in [0.1, 0.15) is 0 Å². The first-order chi connectivity index (χ1) is 11.1. The van der Waals surface area contributed by atoms with Gasteiger partial charge in [-0.2, -0.15) is 0 Å². The fraction of sp³-hybridized carbons (Fsp3) is 0.118. The molecule has 0 bridgehead atoms. The lowest BCUT2D eigenvalue weighted by Gasteiger charge is -2.16. The van der Waals surface area contributed by atoms with Crippen LogP contribution in [0.1, 0.15) is 5.56 Å². The third kappa shape index (κ3) is 3.37. The highest BCUT2D eigenvalue weighted by Crippen LogP contribution is 2.19. The van der Waals surface area contributed by atoms with Crippen LogP contribution in [0.2, 0.25) is 0 Å². The van der Waals surface area contributed by atoms with E-state index in [1.165, 1.54) is 4.90 Å². The molecule has 0 aliphatic rings. The summed E-state index contributed by atoms with van der Waals surface area (Å²) >= 11 is 0. The fourth-order valence-corrected chi connectivity index (χ4v) is 2.27. The third-order valence-electron chi connectivity index (χ3n) is 3.59. The number of rotatable bonds is 4. The second-order valence-corrected chi connectivity index (χ2v) is 5.18. The van der Waals surface area contributed by atoms with E-state index in [0.717, 1.165) is 28.0 Å². The van der Waals surface area contributed by atoms with E-state index < -0.39 is 6.03 Å². The number of primary amides is 1. The summed E-state index contributed by atoms with van der Waals surface area (Å²) in [6, 6.07) is 13.0. The van der Waals surface area contributed by atoms with Crippen molar-refractivity contribution in [2.75, 3.05) is 17.3 Å². The second-order valence-electron chi connectivity index (χ2n) is 5.18. The Kier molecular flexibility index (Phi) is 4.05. The number of nitrogens with one attached hydrogen (secondary N) is 1. The van der Waals surface area contributed by atoms with E-state index in [0.29, 0.717) is 6.54 Å². The molecule has 6 nitrogen and oxygen atoms in total. The van der Waals surface area contributed by atoms with Gasteiger partial charge in [-0.05, 0) is 35.9 Å². The molecule has 3 aromatic rings. The molecule has 0 unspecified atom stereocenters. The van der Waals surface area contributed by atoms with Gasteiger partial charge in [-0.1, -0.05) is 12.1 Å². The molecule has 0 spiro atoms. The number of hydrogen-bond acceptors (Lipinski definition) is 4. The molecule has 0 aliphatic heterocycles. The van der Waals surface area contributed by atoms with Crippen LogP contribution in [0.5, 0.6) is 0 Å². The Balaban J connectivity index is 1.74. The van der Waals surface area contributed by atoms with Crippen molar-refractivity contribution in [1.82, 2.24) is 9.97 Å². The van der Waals surface area contributed by atoms with Crippen LogP contribution in [0.4, 0.5) is 16.2 Å². The summed E-state index contributed by atoms with van der Waals surface area (Å²) in [5.41, 5.74) is 9.79. The molecule has 0 radical (unpaired) electrons. The summed E-state index contributed by atoms with van der Waals surface area (Å²) in [4.78, 5) is 21.2. The topological polar surface area (TPSA) is 84.1 Å². The van der Waals surface area contributed by atoms with Gasteiger partial charge in [0.05, 0.1) is 11.0 Å². The van der Waals surface area contributed by atoms with Crippen LogP contribution in [0, 0.1) is 0 Å². The zero-order valence-corrected chi connectivity index (χ0v) is 12.7. The number of carbonyl (C=O) groups excluding carboxylic acids is 1. The SMILES string of the molecule is CN(C(N)=O)c1cccc(NCc2ccc3nccnc3c2)c1. The van der Waals surface area contributed by atoms with Crippen molar-refractivity contribution < 1.29 is 4.79 Å². The van der Waals surface area contributed by atoms with Crippen LogP contribution in [0.25, 0.3) is 11.0 Å². The van der Waals surface area contributed by atoms with Crippen molar-refractivity contribution >= 4 is 28.4 Å². The molecule has 2 aromatic carbocycles. The Hall–Kier alpha value is -3.15. The molecule has 0 atom stereocenters. The quantitative estimate of drug-likeness (QED) is 0.776. The molecule has 6 heteroatoms. The third-order valence-corrected chi connectivity index (χ3v) is 3.59. The van der Waals surface area contributed by atoms with Crippen LogP contribution in [-0.2, 0) is 6.54 Å². The smallest absolute Gasteiger partial charge is 0.318 e.